The molecule has 3 heteroatoms. The molecule has 0 atom stereocenters. The van der Waals surface area contributed by atoms with Gasteiger partial charge in [-0.3, -0.25) is 0 Å². The van der Waals surface area contributed by atoms with Crippen LogP contribution >= 0.6 is 0 Å². The van der Waals surface area contributed by atoms with Gasteiger partial charge in [0.2, 0.25) is 0 Å². The van der Waals surface area contributed by atoms with Crippen LogP contribution in [0.5, 0.6) is 0 Å². The molecule has 0 aliphatic carbocycles. The van der Waals surface area contributed by atoms with E-state index < -0.39 is 0 Å². The van der Waals surface area contributed by atoms with Gasteiger partial charge in [0, 0.05) is 66.4 Å². The van der Waals surface area contributed by atoms with Crippen molar-refractivity contribution in [3.05, 3.63) is 237 Å². The number of rotatable bonds is 9. The van der Waals surface area contributed by atoms with Gasteiger partial charge in [0.25, 0.3) is 0 Å². The number of nitrogens with zero attached hydrogens (tertiary/aromatic N) is 3. The van der Waals surface area contributed by atoms with Crippen LogP contribution in [-0.4, -0.2) is 0 Å². The normalized spacial score (nSPS) is 11.8. The predicted molar refractivity (Wildman–Crippen MR) is 269 cm³/mol. The molecule has 0 saturated carbocycles. The van der Waals surface area contributed by atoms with E-state index in [1.54, 1.807) is 0 Å². The number of hydrogen-bond donors (Lipinski definition) is 0. The quantitative estimate of drug-likeness (QED) is 0.106. The summed E-state index contributed by atoms with van der Waals surface area (Å²) in [5, 5.41) is 15.2. The molecule has 0 amide bonds. The summed E-state index contributed by atoms with van der Waals surface area (Å²) in [5.74, 6) is 0. The maximum absolute atomic E-state index is 2.43. The maximum atomic E-state index is 2.43. The Bertz CT molecular complexity index is 3160. The molecule has 13 aromatic carbocycles. The van der Waals surface area contributed by atoms with Gasteiger partial charge in [0.1, 0.15) is 0 Å². The van der Waals surface area contributed by atoms with Gasteiger partial charge in [-0.25, -0.2) is 0 Å². The molecule has 0 bridgehead atoms. The predicted octanol–water partition coefficient (Wildman–Crippen LogP) is 17.3. The van der Waals surface area contributed by atoms with Crippen LogP contribution in [0.15, 0.2) is 237 Å². The summed E-state index contributed by atoms with van der Waals surface area (Å²) in [7, 11) is 0. The van der Waals surface area contributed by atoms with Gasteiger partial charge in [-0.15, -0.1) is 0 Å². The molecule has 0 aliphatic rings. The van der Waals surface area contributed by atoms with Crippen LogP contribution in [0, 0.1) is 0 Å². The van der Waals surface area contributed by atoms with Crippen molar-refractivity contribution in [3.8, 4) is 0 Å². The molecule has 0 fully saturated rings. The Morgan fingerprint density at radius 1 is 0.190 bits per heavy atom. The minimum Gasteiger partial charge on any atom is -0.310 e. The van der Waals surface area contributed by atoms with Crippen LogP contribution in [0.25, 0.3) is 64.6 Å². The van der Waals surface area contributed by atoms with Gasteiger partial charge in [0.15, 0.2) is 0 Å². The van der Waals surface area contributed by atoms with Gasteiger partial charge in [-0.2, -0.15) is 0 Å². The summed E-state index contributed by atoms with van der Waals surface area (Å²) in [5.41, 5.74) is 10.2. The fraction of sp³-hybridized carbons (Fsp3) is 0. The number of anilines is 9. The van der Waals surface area contributed by atoms with Crippen LogP contribution < -0.4 is 14.7 Å². The average Bonchev–Trinajstić information content (AvgIpc) is 3.35. The SMILES string of the molecule is c1ccc(N(c2ccccc2)c2cc3ccc4c(N(c5ccccc5)c5ccccc5)cc5ccc6c(N(c7ccccc7)c7ccccc7)cc7ccc2c2c7c6c5c4c32)cc1. The van der Waals surface area contributed by atoms with Crippen molar-refractivity contribution >= 4 is 116 Å². The van der Waals surface area contributed by atoms with E-state index in [0.29, 0.717) is 0 Å². The highest BCUT2D eigenvalue weighted by atomic mass is 15.2. The summed E-state index contributed by atoms with van der Waals surface area (Å²) in [6.07, 6.45) is 0. The van der Waals surface area contributed by atoms with Crippen molar-refractivity contribution in [3.63, 3.8) is 0 Å². The van der Waals surface area contributed by atoms with E-state index in [1.165, 1.54) is 64.6 Å². The molecule has 0 aromatic heterocycles. The fourth-order valence-electron chi connectivity index (χ4n) is 10.4. The van der Waals surface area contributed by atoms with Crippen molar-refractivity contribution in [2.75, 3.05) is 14.7 Å². The highest BCUT2D eigenvalue weighted by molar-refractivity contribution is 6.47. The first-order valence-electron chi connectivity index (χ1n) is 21.7. The van der Waals surface area contributed by atoms with Gasteiger partial charge in [-0.05, 0) is 123 Å². The molecule has 0 aliphatic heterocycles. The van der Waals surface area contributed by atoms with Crippen LogP contribution in [0.3, 0.4) is 0 Å². The zero-order valence-corrected chi connectivity index (χ0v) is 34.4. The first-order chi connectivity index (χ1) is 31.3. The summed E-state index contributed by atoms with van der Waals surface area (Å²) >= 11 is 0. The van der Waals surface area contributed by atoms with E-state index in [2.05, 4.69) is 251 Å². The first-order valence-corrected chi connectivity index (χ1v) is 21.7. The lowest BCUT2D eigenvalue weighted by Gasteiger charge is -2.32. The number of hydrogen-bond acceptors (Lipinski definition) is 3. The molecule has 13 aromatic rings. The summed E-state index contributed by atoms with van der Waals surface area (Å²) in [6, 6.07) is 86.3. The second kappa shape index (κ2) is 14.1. The van der Waals surface area contributed by atoms with E-state index in [4.69, 9.17) is 0 Å². The molecular formula is C60H39N3. The van der Waals surface area contributed by atoms with E-state index >= 15 is 0 Å². The Morgan fingerprint density at radius 2 is 0.397 bits per heavy atom. The second-order valence-corrected chi connectivity index (χ2v) is 16.5. The van der Waals surface area contributed by atoms with Crippen LogP contribution in [0.2, 0.25) is 0 Å². The molecule has 0 radical (unpaired) electrons. The Labute approximate surface area is 365 Å². The zero-order chi connectivity index (χ0) is 41.4. The summed E-state index contributed by atoms with van der Waals surface area (Å²) in [6.45, 7) is 0. The lowest BCUT2D eigenvalue weighted by molar-refractivity contribution is 1.30. The van der Waals surface area contributed by atoms with Crippen molar-refractivity contribution in [1.82, 2.24) is 0 Å². The smallest absolute Gasteiger partial charge is 0.0546 e. The molecule has 0 saturated heterocycles. The van der Waals surface area contributed by atoms with Gasteiger partial charge in [-0.1, -0.05) is 146 Å². The minimum absolute atomic E-state index is 1.12. The Kier molecular flexibility index (Phi) is 7.91. The average molecular weight is 802 g/mol. The van der Waals surface area contributed by atoms with E-state index in [-0.39, 0.29) is 0 Å². The van der Waals surface area contributed by atoms with E-state index in [1.807, 2.05) is 0 Å². The highest BCUT2D eigenvalue weighted by Gasteiger charge is 2.29. The summed E-state index contributed by atoms with van der Waals surface area (Å²) < 4.78 is 0. The maximum Gasteiger partial charge on any atom is 0.0546 e. The lowest BCUT2D eigenvalue weighted by Crippen LogP contribution is -2.12. The minimum atomic E-state index is 1.12. The first kappa shape index (κ1) is 35.4. The Morgan fingerprint density at radius 3 is 0.603 bits per heavy atom. The topological polar surface area (TPSA) is 9.72 Å². The summed E-state index contributed by atoms with van der Waals surface area (Å²) in [4.78, 5) is 7.30. The van der Waals surface area contributed by atoms with E-state index in [0.717, 1.165) is 51.2 Å². The number of benzene rings is 13. The van der Waals surface area contributed by atoms with Gasteiger partial charge in [0.05, 0.1) is 17.1 Å². The third-order valence-electron chi connectivity index (χ3n) is 13.0. The molecule has 0 spiro atoms. The Balaban J connectivity index is 1.21. The molecule has 13 rings (SSSR count). The molecule has 3 nitrogen and oxygen atoms in total. The lowest BCUT2D eigenvalue weighted by atomic mass is 9.81. The molecular weight excluding hydrogens is 763 g/mol. The van der Waals surface area contributed by atoms with Crippen molar-refractivity contribution in [1.29, 1.82) is 0 Å². The number of para-hydroxylation sites is 6. The third-order valence-corrected chi connectivity index (χ3v) is 13.0. The van der Waals surface area contributed by atoms with Crippen LogP contribution in [0.1, 0.15) is 0 Å². The second-order valence-electron chi connectivity index (χ2n) is 16.5. The van der Waals surface area contributed by atoms with Crippen LogP contribution in [0.4, 0.5) is 51.2 Å². The largest absolute Gasteiger partial charge is 0.310 e. The molecule has 0 unspecified atom stereocenters. The zero-order valence-electron chi connectivity index (χ0n) is 34.4. The van der Waals surface area contributed by atoms with Crippen molar-refractivity contribution in [2.45, 2.75) is 0 Å². The van der Waals surface area contributed by atoms with E-state index in [9.17, 15) is 0 Å². The third kappa shape index (κ3) is 5.40. The molecule has 63 heavy (non-hydrogen) atoms. The van der Waals surface area contributed by atoms with Crippen LogP contribution in [-0.2, 0) is 0 Å². The molecule has 0 N–H and O–H groups in total. The van der Waals surface area contributed by atoms with Crippen molar-refractivity contribution < 1.29 is 0 Å². The van der Waals surface area contributed by atoms with Gasteiger partial charge >= 0.3 is 0 Å². The standard InChI is InChI=1S/C60H39N3/c1-7-19-43(20-8-1)61(44-21-9-2-10-22-44)52-37-40-32-35-50-54(63(47-27-15-5-16-28-47)48-29-17-6-18-30-48)39-42-33-36-51-53(62(45-23-11-3-12-24-45)46-25-13-4-14-26-46)38-41-31-34-49(52)58-55(40)59(50)57(42)60(51)56(41)58/h1-39H. The fourth-order valence-corrected chi connectivity index (χ4v) is 10.4. The van der Waals surface area contributed by atoms with Gasteiger partial charge < -0.3 is 14.7 Å². The molecule has 0 heterocycles. The highest BCUT2D eigenvalue weighted by Crippen LogP contribution is 2.56. The van der Waals surface area contributed by atoms with Crippen molar-refractivity contribution in [2.24, 2.45) is 0 Å². The Hall–Kier alpha value is -8.40. The monoisotopic (exact) mass is 801 g/mol. The molecule has 294 valence electrons.